The lowest BCUT2D eigenvalue weighted by Gasteiger charge is -2.38. The monoisotopic (exact) mass is 422 g/mol. The van der Waals surface area contributed by atoms with Gasteiger partial charge in [0.05, 0.1) is 16.1 Å². The average molecular weight is 423 g/mol. The zero-order chi connectivity index (χ0) is 20.3. The number of carbonyl (C=O) groups is 2. The van der Waals surface area contributed by atoms with Gasteiger partial charge in [-0.2, -0.15) is 0 Å². The summed E-state index contributed by atoms with van der Waals surface area (Å²) in [7, 11) is 0. The first-order chi connectivity index (χ1) is 13.5. The number of fused-ring (bicyclic) bond motifs is 1. The Morgan fingerprint density at radius 2 is 1.96 bits per heavy atom. The van der Waals surface area contributed by atoms with Crippen molar-refractivity contribution < 1.29 is 9.59 Å². The van der Waals surface area contributed by atoms with Gasteiger partial charge in [-0.15, -0.1) is 0 Å². The molecule has 0 bridgehead atoms. The molecule has 0 unspecified atom stereocenters. The van der Waals surface area contributed by atoms with Crippen LogP contribution >= 0.6 is 23.2 Å². The Hall–Kier alpha value is -2.18. The van der Waals surface area contributed by atoms with Crippen molar-refractivity contribution in [1.29, 1.82) is 0 Å². The van der Waals surface area contributed by atoms with Crippen molar-refractivity contribution in [2.75, 3.05) is 26.2 Å². The number of nitrogens with zero attached hydrogens (tertiary/aromatic N) is 3. The Morgan fingerprint density at radius 1 is 1.18 bits per heavy atom. The van der Waals surface area contributed by atoms with Gasteiger partial charge in [0, 0.05) is 38.1 Å². The number of hydrogen-bond donors (Lipinski definition) is 1. The molecule has 0 fully saturated rings. The molecule has 2 heterocycles. The lowest BCUT2D eigenvalue weighted by atomic mass is 9.99. The number of likely N-dealkylation sites (N-methyl/N-ethyl adjacent to an activating group) is 1. The van der Waals surface area contributed by atoms with Crippen LogP contribution in [0.25, 0.3) is 0 Å². The molecule has 8 heteroatoms. The molecule has 3 amide bonds. The third-order valence-electron chi connectivity index (χ3n) is 4.94. The van der Waals surface area contributed by atoms with Gasteiger partial charge in [0.2, 0.25) is 5.91 Å². The third kappa shape index (κ3) is 4.13. The lowest BCUT2D eigenvalue weighted by molar-refractivity contribution is -0.134. The highest BCUT2D eigenvalue weighted by molar-refractivity contribution is 6.42. The summed E-state index contributed by atoms with van der Waals surface area (Å²) in [6.07, 6.45) is 2.01. The second-order valence-electron chi connectivity index (χ2n) is 6.64. The Morgan fingerprint density at radius 3 is 2.64 bits per heavy atom. The highest BCUT2D eigenvalue weighted by Gasteiger charge is 2.33. The van der Waals surface area contributed by atoms with E-state index >= 15 is 0 Å². The maximum atomic E-state index is 13.2. The maximum Gasteiger partial charge on any atom is 0.317 e. The van der Waals surface area contributed by atoms with E-state index in [4.69, 9.17) is 23.2 Å². The van der Waals surface area contributed by atoms with Gasteiger partial charge < -0.3 is 19.7 Å². The van der Waals surface area contributed by atoms with Crippen molar-refractivity contribution in [2.45, 2.75) is 26.4 Å². The smallest absolute Gasteiger partial charge is 0.317 e. The van der Waals surface area contributed by atoms with Crippen LogP contribution in [-0.2, 0) is 11.3 Å². The molecule has 1 aromatic heterocycles. The summed E-state index contributed by atoms with van der Waals surface area (Å²) >= 11 is 12.3. The SMILES string of the molecule is CCNC(=O)N(CC)CC(=O)N1CCn2cccc2[C@@H]1c1ccc(Cl)c(Cl)c1. The molecule has 1 N–H and O–H groups in total. The lowest BCUT2D eigenvalue weighted by Crippen LogP contribution is -2.49. The number of halogens is 2. The van der Waals surface area contributed by atoms with Gasteiger partial charge in [0.15, 0.2) is 0 Å². The largest absolute Gasteiger partial charge is 0.348 e. The normalized spacial score (nSPS) is 15.9. The van der Waals surface area contributed by atoms with Crippen LogP contribution in [0.5, 0.6) is 0 Å². The van der Waals surface area contributed by atoms with Crippen molar-refractivity contribution in [3.63, 3.8) is 0 Å². The van der Waals surface area contributed by atoms with E-state index in [1.807, 2.05) is 43.1 Å². The number of nitrogens with one attached hydrogen (secondary N) is 1. The van der Waals surface area contributed by atoms with Crippen LogP contribution in [-0.4, -0.2) is 52.5 Å². The molecule has 0 aliphatic carbocycles. The minimum Gasteiger partial charge on any atom is -0.348 e. The van der Waals surface area contributed by atoms with Crippen molar-refractivity contribution >= 4 is 35.1 Å². The van der Waals surface area contributed by atoms with Gasteiger partial charge in [-0.3, -0.25) is 4.79 Å². The zero-order valence-corrected chi connectivity index (χ0v) is 17.5. The fourth-order valence-corrected chi connectivity index (χ4v) is 3.84. The van der Waals surface area contributed by atoms with E-state index in [2.05, 4.69) is 9.88 Å². The summed E-state index contributed by atoms with van der Waals surface area (Å²) < 4.78 is 2.14. The topological polar surface area (TPSA) is 57.6 Å². The molecule has 28 heavy (non-hydrogen) atoms. The first-order valence-electron chi connectivity index (χ1n) is 9.38. The van der Waals surface area contributed by atoms with E-state index < -0.39 is 0 Å². The molecule has 1 aliphatic heterocycles. The number of hydrogen-bond acceptors (Lipinski definition) is 2. The highest BCUT2D eigenvalue weighted by atomic mass is 35.5. The van der Waals surface area contributed by atoms with Crippen LogP contribution < -0.4 is 5.32 Å². The zero-order valence-electron chi connectivity index (χ0n) is 16.0. The van der Waals surface area contributed by atoms with E-state index in [-0.39, 0.29) is 24.5 Å². The van der Waals surface area contributed by atoms with Crippen molar-refractivity contribution in [3.05, 3.63) is 57.8 Å². The van der Waals surface area contributed by atoms with Gasteiger partial charge in [-0.05, 0) is 43.7 Å². The van der Waals surface area contributed by atoms with Crippen molar-refractivity contribution in [2.24, 2.45) is 0 Å². The number of rotatable bonds is 5. The van der Waals surface area contributed by atoms with Crippen LogP contribution in [0.15, 0.2) is 36.5 Å². The predicted molar refractivity (Wildman–Crippen MR) is 111 cm³/mol. The molecule has 1 aliphatic rings. The van der Waals surface area contributed by atoms with Crippen LogP contribution in [0, 0.1) is 0 Å². The number of urea groups is 1. The summed E-state index contributed by atoms with van der Waals surface area (Å²) in [5.41, 5.74) is 1.91. The summed E-state index contributed by atoms with van der Waals surface area (Å²) in [5.74, 6) is -0.100. The minimum atomic E-state index is -0.279. The highest BCUT2D eigenvalue weighted by Crippen LogP contribution is 2.35. The average Bonchev–Trinajstić information content (AvgIpc) is 3.16. The van der Waals surface area contributed by atoms with Gasteiger partial charge >= 0.3 is 6.03 Å². The van der Waals surface area contributed by atoms with Gasteiger partial charge in [0.25, 0.3) is 0 Å². The first kappa shape index (κ1) is 20.6. The van der Waals surface area contributed by atoms with E-state index in [9.17, 15) is 9.59 Å². The summed E-state index contributed by atoms with van der Waals surface area (Å²) in [5, 5.41) is 3.68. The molecule has 0 saturated heterocycles. The molecule has 2 aromatic rings. The van der Waals surface area contributed by atoms with Crippen molar-refractivity contribution in [1.82, 2.24) is 19.7 Å². The van der Waals surface area contributed by atoms with E-state index in [1.54, 1.807) is 12.1 Å². The Bertz CT molecular complexity index is 868. The third-order valence-corrected chi connectivity index (χ3v) is 5.68. The number of benzene rings is 1. The molecule has 0 radical (unpaired) electrons. The molecule has 3 rings (SSSR count). The van der Waals surface area contributed by atoms with Gasteiger partial charge in [-0.25, -0.2) is 4.79 Å². The first-order valence-corrected chi connectivity index (χ1v) is 10.1. The fourth-order valence-electron chi connectivity index (χ4n) is 3.53. The fraction of sp³-hybridized carbons (Fsp3) is 0.400. The molecular weight excluding hydrogens is 399 g/mol. The second-order valence-corrected chi connectivity index (χ2v) is 7.45. The second kappa shape index (κ2) is 8.88. The molecule has 150 valence electrons. The quantitative estimate of drug-likeness (QED) is 0.796. The summed E-state index contributed by atoms with van der Waals surface area (Å²) in [6, 6.07) is 8.91. The maximum absolute atomic E-state index is 13.2. The molecule has 1 aromatic carbocycles. The molecule has 6 nitrogen and oxygen atoms in total. The Kier molecular flexibility index (Phi) is 6.52. The minimum absolute atomic E-state index is 0.0286. The van der Waals surface area contributed by atoms with Crippen molar-refractivity contribution in [3.8, 4) is 0 Å². The molecular formula is C20H24Cl2N4O2. The number of amides is 3. The van der Waals surface area contributed by atoms with Gasteiger partial charge in [0.1, 0.15) is 6.54 Å². The Balaban J connectivity index is 1.91. The number of aromatic nitrogens is 1. The van der Waals surface area contributed by atoms with E-state index in [0.717, 1.165) is 11.3 Å². The standard InChI is InChI=1S/C20H24Cl2N4O2/c1-3-23-20(28)24(4-2)13-18(27)26-11-10-25-9-5-6-17(25)19(26)14-7-8-15(21)16(22)12-14/h5-9,12,19H,3-4,10-11,13H2,1-2H3,(H,23,28)/t19-/m0/s1. The number of carbonyl (C=O) groups excluding carboxylic acids is 2. The van der Waals surface area contributed by atoms with E-state index in [0.29, 0.717) is 36.2 Å². The molecule has 1 atom stereocenters. The molecule has 0 spiro atoms. The van der Waals surface area contributed by atoms with E-state index in [1.165, 1.54) is 4.90 Å². The van der Waals surface area contributed by atoms with Crippen LogP contribution in [0.2, 0.25) is 10.0 Å². The predicted octanol–water partition coefficient (Wildman–Crippen LogP) is 3.78. The van der Waals surface area contributed by atoms with Crippen LogP contribution in [0.3, 0.4) is 0 Å². The van der Waals surface area contributed by atoms with Crippen LogP contribution in [0.1, 0.15) is 31.1 Å². The summed E-state index contributed by atoms with van der Waals surface area (Å²) in [4.78, 5) is 28.7. The summed E-state index contributed by atoms with van der Waals surface area (Å²) in [6.45, 7) is 5.98. The van der Waals surface area contributed by atoms with Crippen LogP contribution in [0.4, 0.5) is 4.79 Å². The Labute approximate surface area is 175 Å². The van der Waals surface area contributed by atoms with Gasteiger partial charge in [-0.1, -0.05) is 29.3 Å². The molecule has 0 saturated carbocycles.